The third-order valence-corrected chi connectivity index (χ3v) is 5.07. The lowest BCUT2D eigenvalue weighted by atomic mass is 9.63. The zero-order valence-electron chi connectivity index (χ0n) is 13.6. The largest absolute Gasteiger partial charge is 0.347 e. The second-order valence-corrected chi connectivity index (χ2v) is 7.28. The Hall–Kier alpha value is -2.47. The molecule has 3 heterocycles. The van der Waals surface area contributed by atoms with Gasteiger partial charge in [0.1, 0.15) is 0 Å². The van der Waals surface area contributed by atoms with E-state index in [1.54, 1.807) is 12.3 Å². The lowest BCUT2D eigenvalue weighted by Gasteiger charge is -2.42. The Kier molecular flexibility index (Phi) is 3.31. The van der Waals surface area contributed by atoms with Crippen LogP contribution in [0.4, 0.5) is 5.69 Å². The molecule has 1 aliphatic carbocycles. The van der Waals surface area contributed by atoms with Gasteiger partial charge in [0.25, 0.3) is 0 Å². The highest BCUT2D eigenvalue weighted by Gasteiger charge is 2.62. The monoisotopic (exact) mass is 324 g/mol. The van der Waals surface area contributed by atoms with Crippen molar-refractivity contribution in [2.75, 3.05) is 11.9 Å². The number of carbonyl (C=O) groups excluding carboxylic acids is 1. The molecule has 1 aromatic carbocycles. The molecule has 1 saturated carbocycles. The number of carbonyl (C=O) groups is 1. The van der Waals surface area contributed by atoms with Gasteiger partial charge in [0, 0.05) is 24.6 Å². The third-order valence-electron chi connectivity index (χ3n) is 5.07. The summed E-state index contributed by atoms with van der Waals surface area (Å²) in [5.41, 5.74) is 1.30. The van der Waals surface area contributed by atoms with E-state index in [0.717, 1.165) is 30.6 Å². The highest BCUT2D eigenvalue weighted by Crippen LogP contribution is 2.53. The average molecular weight is 324 g/mol. The first-order valence-corrected chi connectivity index (χ1v) is 8.15. The van der Waals surface area contributed by atoms with Crippen molar-refractivity contribution in [1.29, 1.82) is 0 Å². The number of nitrogens with zero attached hydrogens (tertiary/aromatic N) is 2. The van der Waals surface area contributed by atoms with Crippen LogP contribution in [-0.4, -0.2) is 27.5 Å². The SMILES string of the molecule is CC12CNC(C(=O)Nc3cccc(Cn4cccnc4=O)c3)(C1)C2. The van der Waals surface area contributed by atoms with Crippen LogP contribution in [0, 0.1) is 5.41 Å². The summed E-state index contributed by atoms with van der Waals surface area (Å²) in [4.78, 5) is 28.1. The molecule has 24 heavy (non-hydrogen) atoms. The smallest absolute Gasteiger partial charge is 0.324 e. The number of nitrogens with one attached hydrogen (secondary N) is 2. The van der Waals surface area contributed by atoms with Gasteiger partial charge in [0.2, 0.25) is 5.91 Å². The molecule has 2 bridgehead atoms. The molecule has 6 heteroatoms. The molecule has 2 aromatic rings. The fraction of sp³-hybridized carbons (Fsp3) is 0.389. The molecular formula is C18H20N4O2. The van der Waals surface area contributed by atoms with Crippen LogP contribution in [0.25, 0.3) is 0 Å². The van der Waals surface area contributed by atoms with Gasteiger partial charge in [0.15, 0.2) is 0 Å². The zero-order chi connectivity index (χ0) is 16.8. The van der Waals surface area contributed by atoms with Crippen molar-refractivity contribution >= 4 is 11.6 Å². The van der Waals surface area contributed by atoms with E-state index in [4.69, 9.17) is 0 Å². The highest BCUT2D eigenvalue weighted by atomic mass is 16.2. The van der Waals surface area contributed by atoms with E-state index < -0.39 is 5.54 Å². The van der Waals surface area contributed by atoms with Crippen molar-refractivity contribution in [3.63, 3.8) is 0 Å². The predicted octanol–water partition coefficient (Wildman–Crippen LogP) is 1.37. The van der Waals surface area contributed by atoms with Gasteiger partial charge in [-0.05, 0) is 42.0 Å². The number of rotatable bonds is 4. The first kappa shape index (κ1) is 15.1. The second kappa shape index (κ2) is 5.27. The number of aromatic nitrogens is 2. The lowest BCUT2D eigenvalue weighted by Crippen LogP contribution is -2.55. The molecule has 6 nitrogen and oxygen atoms in total. The number of hydrogen-bond donors (Lipinski definition) is 2. The maximum Gasteiger partial charge on any atom is 0.347 e. The minimum atomic E-state index is -0.398. The van der Waals surface area contributed by atoms with E-state index in [-0.39, 0.29) is 17.0 Å². The summed E-state index contributed by atoms with van der Waals surface area (Å²) in [6, 6.07) is 9.32. The summed E-state index contributed by atoms with van der Waals surface area (Å²) >= 11 is 0. The van der Waals surface area contributed by atoms with Crippen LogP contribution in [0.1, 0.15) is 25.3 Å². The molecule has 0 atom stereocenters. The van der Waals surface area contributed by atoms with E-state index in [1.165, 1.54) is 10.8 Å². The van der Waals surface area contributed by atoms with Gasteiger partial charge in [-0.15, -0.1) is 0 Å². The van der Waals surface area contributed by atoms with Crippen LogP contribution in [0.2, 0.25) is 0 Å². The zero-order valence-corrected chi connectivity index (χ0v) is 13.6. The van der Waals surface area contributed by atoms with E-state index in [2.05, 4.69) is 22.5 Å². The Labute approximate surface area is 139 Å². The fourth-order valence-electron chi connectivity index (χ4n) is 3.98. The molecule has 1 aromatic heterocycles. The van der Waals surface area contributed by atoms with E-state index >= 15 is 0 Å². The van der Waals surface area contributed by atoms with Crippen molar-refractivity contribution in [1.82, 2.24) is 14.9 Å². The average Bonchev–Trinajstić information content (AvgIpc) is 3.05. The van der Waals surface area contributed by atoms with Crippen LogP contribution in [0.3, 0.4) is 0 Å². The standard InChI is InChI=1S/C18H20N4O2/c1-17-10-18(11-17,20-12-17)15(23)21-14-5-2-4-13(8-14)9-22-7-3-6-19-16(22)24/h2-8,20H,9-12H2,1H3,(H,21,23). The molecule has 0 spiro atoms. The molecule has 124 valence electrons. The molecule has 1 amide bonds. The highest BCUT2D eigenvalue weighted by molar-refractivity contribution is 5.99. The summed E-state index contributed by atoms with van der Waals surface area (Å²) in [5.74, 6) is 0.0353. The first-order chi connectivity index (χ1) is 11.5. The van der Waals surface area contributed by atoms with Gasteiger partial charge in [-0.25, -0.2) is 9.78 Å². The summed E-state index contributed by atoms with van der Waals surface area (Å²) in [7, 11) is 0. The molecule has 2 aliphatic heterocycles. The fourth-order valence-corrected chi connectivity index (χ4v) is 3.98. The predicted molar refractivity (Wildman–Crippen MR) is 90.7 cm³/mol. The van der Waals surface area contributed by atoms with Gasteiger partial charge in [-0.3, -0.25) is 9.36 Å². The minimum absolute atomic E-state index is 0.0353. The molecule has 3 aliphatic rings. The molecule has 0 radical (unpaired) electrons. The van der Waals surface area contributed by atoms with Crippen molar-refractivity contribution in [3.8, 4) is 0 Å². The number of amides is 1. The molecule has 2 saturated heterocycles. The Morgan fingerprint density at radius 3 is 2.92 bits per heavy atom. The Morgan fingerprint density at radius 1 is 1.38 bits per heavy atom. The molecule has 0 unspecified atom stereocenters. The van der Waals surface area contributed by atoms with Crippen LogP contribution in [0.5, 0.6) is 0 Å². The van der Waals surface area contributed by atoms with Gasteiger partial charge in [-0.1, -0.05) is 19.1 Å². The van der Waals surface area contributed by atoms with Gasteiger partial charge in [-0.2, -0.15) is 0 Å². The van der Waals surface area contributed by atoms with Crippen LogP contribution in [-0.2, 0) is 11.3 Å². The van der Waals surface area contributed by atoms with Gasteiger partial charge >= 0.3 is 5.69 Å². The van der Waals surface area contributed by atoms with Crippen LogP contribution in [0.15, 0.2) is 47.5 Å². The van der Waals surface area contributed by atoms with E-state index in [9.17, 15) is 9.59 Å². The summed E-state index contributed by atoms with van der Waals surface area (Å²) in [6.07, 6.45) is 4.99. The van der Waals surface area contributed by atoms with Crippen LogP contribution >= 0.6 is 0 Å². The van der Waals surface area contributed by atoms with Crippen molar-refractivity contribution in [3.05, 3.63) is 58.8 Å². The molecule has 5 rings (SSSR count). The molecular weight excluding hydrogens is 304 g/mol. The topological polar surface area (TPSA) is 76.0 Å². The molecule has 3 fully saturated rings. The third kappa shape index (κ3) is 2.53. The molecule has 2 N–H and O–H groups in total. The van der Waals surface area contributed by atoms with Gasteiger partial charge < -0.3 is 10.6 Å². The van der Waals surface area contributed by atoms with Gasteiger partial charge in [0.05, 0.1) is 12.1 Å². The summed E-state index contributed by atoms with van der Waals surface area (Å²) < 4.78 is 1.54. The maximum atomic E-state index is 12.6. The van der Waals surface area contributed by atoms with Crippen molar-refractivity contribution in [2.45, 2.75) is 31.8 Å². The number of benzene rings is 1. The summed E-state index contributed by atoms with van der Waals surface area (Å²) in [6.45, 7) is 3.55. The Bertz CT molecular complexity index is 852. The Balaban J connectivity index is 1.48. The van der Waals surface area contributed by atoms with Crippen molar-refractivity contribution < 1.29 is 4.79 Å². The number of anilines is 1. The quantitative estimate of drug-likeness (QED) is 0.891. The van der Waals surface area contributed by atoms with E-state index in [0.29, 0.717) is 6.54 Å². The second-order valence-electron chi connectivity index (χ2n) is 7.28. The summed E-state index contributed by atoms with van der Waals surface area (Å²) in [5, 5.41) is 6.38. The lowest BCUT2D eigenvalue weighted by molar-refractivity contribution is -0.125. The first-order valence-electron chi connectivity index (χ1n) is 8.15. The minimum Gasteiger partial charge on any atom is -0.324 e. The van der Waals surface area contributed by atoms with Crippen LogP contribution < -0.4 is 16.3 Å². The normalized spacial score (nSPS) is 27.5. The number of fused-ring (bicyclic) bond motifs is 1. The van der Waals surface area contributed by atoms with E-state index in [1.807, 2.05) is 24.3 Å². The van der Waals surface area contributed by atoms with Crippen molar-refractivity contribution in [2.24, 2.45) is 5.41 Å². The number of hydrogen-bond acceptors (Lipinski definition) is 4. The Morgan fingerprint density at radius 2 is 2.21 bits per heavy atom. The maximum absolute atomic E-state index is 12.6.